The maximum absolute atomic E-state index is 12.7. The number of hydrogen-bond acceptors (Lipinski definition) is 5. The first-order valence-corrected chi connectivity index (χ1v) is 3.59. The molecule has 13 heavy (non-hydrogen) atoms. The van der Waals surface area contributed by atoms with Gasteiger partial charge in [0.2, 0.25) is 6.29 Å². The van der Waals surface area contributed by atoms with E-state index in [-0.39, 0.29) is 0 Å². The fourth-order valence-corrected chi connectivity index (χ4v) is 1.06. The minimum atomic E-state index is -3.93. The Kier molecular flexibility index (Phi) is 2.83. The molecule has 0 unspecified atom stereocenters. The SMILES string of the molecule is OC[C@H]1O[C@@H](O)C(F)(F)[C@@H](O)[C@@H]1O. The number of aliphatic hydroxyl groups is 4. The molecule has 1 fully saturated rings. The summed E-state index contributed by atoms with van der Waals surface area (Å²) in [6.45, 7) is -0.759. The van der Waals surface area contributed by atoms with Gasteiger partial charge in [0.05, 0.1) is 6.61 Å². The maximum Gasteiger partial charge on any atom is 0.325 e. The molecule has 1 heterocycles. The van der Waals surface area contributed by atoms with Crippen LogP contribution in [0.4, 0.5) is 8.78 Å². The summed E-state index contributed by atoms with van der Waals surface area (Å²) in [5.74, 6) is -3.93. The van der Waals surface area contributed by atoms with E-state index in [4.69, 9.17) is 20.4 Å². The molecule has 0 spiro atoms. The third-order valence-corrected chi connectivity index (χ3v) is 1.91. The zero-order valence-electron chi connectivity index (χ0n) is 6.47. The molecule has 0 amide bonds. The van der Waals surface area contributed by atoms with E-state index in [0.29, 0.717) is 0 Å². The predicted octanol–water partition coefficient (Wildman–Crippen LogP) is -1.95. The molecular weight excluding hydrogens is 190 g/mol. The quantitative estimate of drug-likeness (QED) is 0.395. The van der Waals surface area contributed by atoms with Gasteiger partial charge in [0, 0.05) is 0 Å². The van der Waals surface area contributed by atoms with Crippen LogP contribution in [0.1, 0.15) is 0 Å². The Morgan fingerprint density at radius 3 is 2.23 bits per heavy atom. The van der Waals surface area contributed by atoms with E-state index in [1.54, 1.807) is 0 Å². The Morgan fingerprint density at radius 2 is 1.77 bits per heavy atom. The fourth-order valence-electron chi connectivity index (χ4n) is 1.06. The van der Waals surface area contributed by atoms with Gasteiger partial charge in [0.1, 0.15) is 12.2 Å². The molecule has 78 valence electrons. The number of rotatable bonds is 1. The lowest BCUT2D eigenvalue weighted by Gasteiger charge is -2.39. The monoisotopic (exact) mass is 200 g/mol. The molecule has 0 bridgehead atoms. The van der Waals surface area contributed by atoms with E-state index in [1.807, 2.05) is 0 Å². The van der Waals surface area contributed by atoms with Crippen molar-refractivity contribution in [1.82, 2.24) is 0 Å². The van der Waals surface area contributed by atoms with Gasteiger partial charge in [-0.3, -0.25) is 0 Å². The molecule has 1 aliphatic rings. The van der Waals surface area contributed by atoms with Crippen LogP contribution in [0.3, 0.4) is 0 Å². The van der Waals surface area contributed by atoms with Crippen molar-refractivity contribution >= 4 is 0 Å². The number of aliphatic hydroxyl groups excluding tert-OH is 4. The first-order chi connectivity index (χ1) is 5.91. The topological polar surface area (TPSA) is 90.2 Å². The van der Waals surface area contributed by atoms with Gasteiger partial charge in [-0.15, -0.1) is 0 Å². The Bertz CT molecular complexity index is 188. The van der Waals surface area contributed by atoms with E-state index >= 15 is 0 Å². The molecule has 0 radical (unpaired) electrons. The second-order valence-corrected chi connectivity index (χ2v) is 2.82. The summed E-state index contributed by atoms with van der Waals surface area (Å²) >= 11 is 0. The maximum atomic E-state index is 12.7. The minimum Gasteiger partial charge on any atom is -0.394 e. The van der Waals surface area contributed by atoms with Crippen molar-refractivity contribution in [1.29, 1.82) is 0 Å². The summed E-state index contributed by atoms with van der Waals surface area (Å²) in [4.78, 5) is 0. The van der Waals surface area contributed by atoms with Crippen LogP contribution in [0.5, 0.6) is 0 Å². The largest absolute Gasteiger partial charge is 0.394 e. The summed E-state index contributed by atoms with van der Waals surface area (Å²) in [5, 5.41) is 35.0. The second kappa shape index (κ2) is 3.43. The van der Waals surface area contributed by atoms with E-state index in [1.165, 1.54) is 0 Å². The number of ether oxygens (including phenoxy) is 1. The van der Waals surface area contributed by atoms with E-state index < -0.39 is 37.1 Å². The van der Waals surface area contributed by atoms with Crippen molar-refractivity contribution in [2.75, 3.05) is 6.61 Å². The predicted molar refractivity (Wildman–Crippen MR) is 34.9 cm³/mol. The van der Waals surface area contributed by atoms with Gasteiger partial charge in [-0.1, -0.05) is 0 Å². The summed E-state index contributed by atoms with van der Waals surface area (Å²) in [6, 6.07) is 0. The highest BCUT2D eigenvalue weighted by molar-refractivity contribution is 4.93. The van der Waals surface area contributed by atoms with Crippen LogP contribution in [0.15, 0.2) is 0 Å². The molecule has 0 saturated carbocycles. The van der Waals surface area contributed by atoms with Gasteiger partial charge in [0.15, 0.2) is 6.10 Å². The zero-order chi connectivity index (χ0) is 10.2. The van der Waals surface area contributed by atoms with Crippen LogP contribution in [0, 0.1) is 0 Å². The average molecular weight is 200 g/mol. The molecule has 4 atom stereocenters. The standard InChI is InChI=1S/C6H10F2O5/c7-6(8)4(11)3(10)2(1-9)13-5(6)12/h2-5,9-12H,1H2/t2-,3-,4+,5-/m1/s1. The smallest absolute Gasteiger partial charge is 0.325 e. The highest BCUT2D eigenvalue weighted by atomic mass is 19.3. The van der Waals surface area contributed by atoms with Crippen LogP contribution < -0.4 is 0 Å². The fraction of sp³-hybridized carbons (Fsp3) is 1.00. The number of hydrogen-bond donors (Lipinski definition) is 4. The van der Waals surface area contributed by atoms with Gasteiger partial charge < -0.3 is 25.2 Å². The average Bonchev–Trinajstić information content (AvgIpc) is 2.09. The van der Waals surface area contributed by atoms with Crippen molar-refractivity contribution in [2.45, 2.75) is 30.5 Å². The summed E-state index contributed by atoms with van der Waals surface area (Å²) < 4.78 is 29.5. The summed E-state index contributed by atoms with van der Waals surface area (Å²) in [7, 11) is 0. The molecule has 0 aromatic heterocycles. The van der Waals surface area contributed by atoms with E-state index in [0.717, 1.165) is 0 Å². The molecule has 1 aliphatic heterocycles. The van der Waals surface area contributed by atoms with Crippen molar-refractivity contribution in [3.8, 4) is 0 Å². The molecule has 1 saturated heterocycles. The Hall–Kier alpha value is -0.340. The lowest BCUT2D eigenvalue weighted by Crippen LogP contribution is -2.62. The van der Waals surface area contributed by atoms with Gasteiger partial charge in [-0.2, -0.15) is 8.78 Å². The van der Waals surface area contributed by atoms with E-state index in [9.17, 15) is 8.78 Å². The highest BCUT2D eigenvalue weighted by Gasteiger charge is 2.56. The molecule has 7 heteroatoms. The van der Waals surface area contributed by atoms with Gasteiger partial charge in [-0.05, 0) is 0 Å². The molecule has 0 aromatic rings. The molecule has 5 nitrogen and oxygen atoms in total. The first kappa shape index (κ1) is 10.7. The third-order valence-electron chi connectivity index (χ3n) is 1.91. The van der Waals surface area contributed by atoms with E-state index in [2.05, 4.69) is 4.74 Å². The van der Waals surface area contributed by atoms with Crippen LogP contribution >= 0.6 is 0 Å². The lowest BCUT2D eigenvalue weighted by molar-refractivity contribution is -0.345. The van der Waals surface area contributed by atoms with Crippen LogP contribution in [0.2, 0.25) is 0 Å². The Morgan fingerprint density at radius 1 is 1.23 bits per heavy atom. The van der Waals surface area contributed by atoms with Gasteiger partial charge >= 0.3 is 5.92 Å². The van der Waals surface area contributed by atoms with Crippen LogP contribution in [0.25, 0.3) is 0 Å². The summed E-state index contributed by atoms with van der Waals surface area (Å²) in [6.07, 6.45) is -8.26. The second-order valence-electron chi connectivity index (χ2n) is 2.82. The Balaban J connectivity index is 2.79. The number of alkyl halides is 2. The van der Waals surface area contributed by atoms with Crippen molar-refractivity contribution in [3.63, 3.8) is 0 Å². The third kappa shape index (κ3) is 1.65. The molecule has 4 N–H and O–H groups in total. The van der Waals surface area contributed by atoms with Crippen molar-refractivity contribution in [3.05, 3.63) is 0 Å². The van der Waals surface area contributed by atoms with Crippen LogP contribution in [-0.2, 0) is 4.74 Å². The number of halogens is 2. The normalized spacial score (nSPS) is 44.8. The molecule has 0 aliphatic carbocycles. The molecule has 1 rings (SSSR count). The van der Waals surface area contributed by atoms with Crippen LogP contribution in [-0.4, -0.2) is 57.6 Å². The highest BCUT2D eigenvalue weighted by Crippen LogP contribution is 2.33. The van der Waals surface area contributed by atoms with Crippen molar-refractivity contribution < 1.29 is 33.9 Å². The molecular formula is C6H10F2O5. The zero-order valence-corrected chi connectivity index (χ0v) is 6.47. The first-order valence-electron chi connectivity index (χ1n) is 3.59. The van der Waals surface area contributed by atoms with Gasteiger partial charge in [-0.25, -0.2) is 0 Å². The minimum absolute atomic E-state index is 0.759. The molecule has 0 aromatic carbocycles. The van der Waals surface area contributed by atoms with Crippen molar-refractivity contribution in [2.24, 2.45) is 0 Å². The van der Waals surface area contributed by atoms with Gasteiger partial charge in [0.25, 0.3) is 0 Å². The lowest BCUT2D eigenvalue weighted by atomic mass is 9.98. The Labute approximate surface area is 72.2 Å². The summed E-state index contributed by atoms with van der Waals surface area (Å²) in [5.41, 5.74) is 0.